The van der Waals surface area contributed by atoms with E-state index in [-0.39, 0.29) is 11.9 Å². The Morgan fingerprint density at radius 2 is 1.79 bits per heavy atom. The quantitative estimate of drug-likeness (QED) is 0.765. The molecule has 3 rings (SSSR count). The number of hydrogen-bond acceptors (Lipinski definition) is 2. The number of anilines is 1. The van der Waals surface area contributed by atoms with Gasteiger partial charge >= 0.3 is 6.18 Å². The predicted octanol–water partition coefficient (Wildman–Crippen LogP) is 2.64. The highest BCUT2D eigenvalue weighted by atomic mass is 19.4. The van der Waals surface area contributed by atoms with Crippen LogP contribution < -0.4 is 15.1 Å². The minimum Gasteiger partial charge on any atom is -0.360 e. The fourth-order valence-electron chi connectivity index (χ4n) is 4.30. The zero-order valence-electron chi connectivity index (χ0n) is 16.5. The van der Waals surface area contributed by atoms with Gasteiger partial charge in [0.25, 0.3) is 5.91 Å². The summed E-state index contributed by atoms with van der Waals surface area (Å²) < 4.78 is 38.8. The highest BCUT2D eigenvalue weighted by Gasteiger charge is 2.33. The van der Waals surface area contributed by atoms with Crippen LogP contribution in [0.3, 0.4) is 0 Å². The molecular formula is C21H31F3N3O+. The second kappa shape index (κ2) is 9.16. The first-order valence-electron chi connectivity index (χ1n) is 10.4. The van der Waals surface area contributed by atoms with Gasteiger partial charge in [-0.2, -0.15) is 13.2 Å². The van der Waals surface area contributed by atoms with E-state index >= 15 is 0 Å². The lowest BCUT2D eigenvalue weighted by molar-refractivity contribution is -0.914. The van der Waals surface area contributed by atoms with Crippen molar-refractivity contribution >= 4 is 11.6 Å². The monoisotopic (exact) mass is 398 g/mol. The molecule has 1 aliphatic heterocycles. The van der Waals surface area contributed by atoms with E-state index in [0.29, 0.717) is 24.8 Å². The third-order valence-corrected chi connectivity index (χ3v) is 6.15. The fraction of sp³-hybridized carbons (Fsp3) is 0.667. The number of alkyl halides is 3. The van der Waals surface area contributed by atoms with E-state index in [0.717, 1.165) is 32.0 Å². The van der Waals surface area contributed by atoms with Gasteiger partial charge in [0, 0.05) is 11.7 Å². The Morgan fingerprint density at radius 1 is 1.14 bits per heavy atom. The molecule has 1 aliphatic carbocycles. The molecule has 1 heterocycles. The number of carbonyl (C=O) groups is 1. The van der Waals surface area contributed by atoms with E-state index in [9.17, 15) is 18.0 Å². The van der Waals surface area contributed by atoms with Crippen LogP contribution in [0.4, 0.5) is 18.9 Å². The number of benzene rings is 1. The minimum atomic E-state index is -4.33. The van der Waals surface area contributed by atoms with Gasteiger partial charge in [0.05, 0.1) is 31.7 Å². The third kappa shape index (κ3) is 5.40. The van der Waals surface area contributed by atoms with Gasteiger partial charge in [-0.05, 0) is 38.0 Å². The van der Waals surface area contributed by atoms with Crippen LogP contribution in [0.5, 0.6) is 0 Å². The summed E-state index contributed by atoms with van der Waals surface area (Å²) in [5.41, 5.74) is -0.0136. The van der Waals surface area contributed by atoms with Crippen LogP contribution in [0, 0.1) is 0 Å². The maximum atomic E-state index is 12.9. The van der Waals surface area contributed by atoms with E-state index in [1.54, 1.807) is 6.07 Å². The van der Waals surface area contributed by atoms with Crippen LogP contribution in [0.1, 0.15) is 51.0 Å². The molecule has 1 aromatic carbocycles. The second-order valence-corrected chi connectivity index (χ2v) is 8.11. The van der Waals surface area contributed by atoms with Crippen LogP contribution in [0.15, 0.2) is 24.3 Å². The summed E-state index contributed by atoms with van der Waals surface area (Å²) in [5, 5.41) is 3.22. The first-order chi connectivity index (χ1) is 13.3. The lowest BCUT2D eigenvalue weighted by atomic mass is 10.1. The number of nitrogens with zero attached hydrogens (tertiary/aromatic N) is 1. The number of piperazine rings is 1. The number of quaternary nitrogens is 1. The Balaban J connectivity index is 1.52. The Labute approximate surface area is 165 Å². The SMILES string of the molecule is C[C@@H](C(=O)NC1CCCCCC1)[NH+]1CCN(c2cccc(C(F)(F)F)c2)CC1. The molecule has 0 unspecified atom stereocenters. The van der Waals surface area contributed by atoms with Crippen molar-refractivity contribution in [3.8, 4) is 0 Å². The zero-order chi connectivity index (χ0) is 20.1. The topological polar surface area (TPSA) is 36.8 Å². The van der Waals surface area contributed by atoms with Gasteiger partial charge in [-0.3, -0.25) is 4.79 Å². The van der Waals surface area contributed by atoms with Gasteiger partial charge in [0.1, 0.15) is 0 Å². The minimum absolute atomic E-state index is 0.106. The van der Waals surface area contributed by atoms with E-state index in [2.05, 4.69) is 5.32 Å². The third-order valence-electron chi connectivity index (χ3n) is 6.15. The average Bonchev–Trinajstić information content (AvgIpc) is 2.95. The van der Waals surface area contributed by atoms with Crippen LogP contribution in [0.25, 0.3) is 0 Å². The summed E-state index contributed by atoms with van der Waals surface area (Å²) in [5.74, 6) is 0.106. The van der Waals surface area contributed by atoms with E-state index in [4.69, 9.17) is 0 Å². The Kier molecular flexibility index (Phi) is 6.86. The molecule has 7 heteroatoms. The molecule has 28 heavy (non-hydrogen) atoms. The van der Waals surface area contributed by atoms with Crippen molar-refractivity contribution < 1.29 is 22.9 Å². The average molecular weight is 398 g/mol. The second-order valence-electron chi connectivity index (χ2n) is 8.11. The molecule has 1 saturated heterocycles. The number of halogens is 3. The molecule has 0 radical (unpaired) electrons. The summed E-state index contributed by atoms with van der Waals surface area (Å²) in [6.45, 7) is 4.75. The van der Waals surface area contributed by atoms with Gasteiger partial charge in [0.15, 0.2) is 6.04 Å². The number of nitrogens with one attached hydrogen (secondary N) is 2. The smallest absolute Gasteiger partial charge is 0.360 e. The zero-order valence-corrected chi connectivity index (χ0v) is 16.5. The lowest BCUT2D eigenvalue weighted by Crippen LogP contribution is -3.19. The maximum Gasteiger partial charge on any atom is 0.416 e. The molecule has 156 valence electrons. The number of hydrogen-bond donors (Lipinski definition) is 2. The maximum absolute atomic E-state index is 12.9. The van der Waals surface area contributed by atoms with Crippen molar-refractivity contribution in [1.29, 1.82) is 0 Å². The molecule has 1 amide bonds. The summed E-state index contributed by atoms with van der Waals surface area (Å²) in [6.07, 6.45) is 2.68. The fourth-order valence-corrected chi connectivity index (χ4v) is 4.30. The molecule has 1 aromatic rings. The first-order valence-corrected chi connectivity index (χ1v) is 10.4. The molecule has 4 nitrogen and oxygen atoms in total. The standard InChI is InChI=1S/C21H30F3N3O/c1-16(20(28)25-18-8-4-2-3-5-9-18)26-11-13-27(14-12-26)19-10-6-7-17(15-19)21(22,23)24/h6-7,10,15-16,18H,2-5,8-9,11-14H2,1H3,(H,25,28)/p+1/t16-/m0/s1. The van der Waals surface area contributed by atoms with Gasteiger partial charge in [-0.15, -0.1) is 0 Å². The van der Waals surface area contributed by atoms with E-state index in [1.807, 2.05) is 11.8 Å². The van der Waals surface area contributed by atoms with Crippen molar-refractivity contribution in [1.82, 2.24) is 5.32 Å². The Hall–Kier alpha value is -1.76. The molecule has 1 atom stereocenters. The van der Waals surface area contributed by atoms with Crippen LogP contribution in [-0.2, 0) is 11.0 Å². The van der Waals surface area contributed by atoms with Crippen molar-refractivity contribution in [2.24, 2.45) is 0 Å². The van der Waals surface area contributed by atoms with Crippen LogP contribution in [0.2, 0.25) is 0 Å². The normalized spacial score (nSPS) is 21.2. The molecule has 2 aliphatic rings. The van der Waals surface area contributed by atoms with Gasteiger partial charge in [-0.25, -0.2) is 0 Å². The number of amides is 1. The summed E-state index contributed by atoms with van der Waals surface area (Å²) >= 11 is 0. The van der Waals surface area contributed by atoms with Crippen molar-refractivity contribution in [2.45, 2.75) is 63.7 Å². The summed E-state index contributed by atoms with van der Waals surface area (Å²) in [7, 11) is 0. The van der Waals surface area contributed by atoms with Crippen molar-refractivity contribution in [3.63, 3.8) is 0 Å². The summed E-state index contributed by atoms with van der Waals surface area (Å²) in [4.78, 5) is 15.8. The molecule has 0 spiro atoms. The van der Waals surface area contributed by atoms with Gasteiger partial charge < -0.3 is 15.1 Å². The van der Waals surface area contributed by atoms with Crippen LogP contribution in [-0.4, -0.2) is 44.2 Å². The van der Waals surface area contributed by atoms with Crippen molar-refractivity contribution in [3.05, 3.63) is 29.8 Å². The molecule has 1 saturated carbocycles. The summed E-state index contributed by atoms with van der Waals surface area (Å²) in [6, 6.07) is 5.66. The Morgan fingerprint density at radius 3 is 2.39 bits per heavy atom. The van der Waals surface area contributed by atoms with E-state index in [1.165, 1.54) is 42.7 Å². The van der Waals surface area contributed by atoms with Crippen LogP contribution >= 0.6 is 0 Å². The molecule has 2 fully saturated rings. The Bertz CT molecular complexity index is 649. The largest absolute Gasteiger partial charge is 0.416 e. The number of carbonyl (C=O) groups excluding carboxylic acids is 1. The van der Waals surface area contributed by atoms with Gasteiger partial charge in [-0.1, -0.05) is 31.7 Å². The highest BCUT2D eigenvalue weighted by molar-refractivity contribution is 5.80. The molecule has 0 bridgehead atoms. The number of rotatable bonds is 4. The predicted molar refractivity (Wildman–Crippen MR) is 103 cm³/mol. The molecule has 0 aromatic heterocycles. The molecular weight excluding hydrogens is 367 g/mol. The molecule has 2 N–H and O–H groups in total. The van der Waals surface area contributed by atoms with Crippen molar-refractivity contribution in [2.75, 3.05) is 31.1 Å². The van der Waals surface area contributed by atoms with E-state index < -0.39 is 11.7 Å². The lowest BCUT2D eigenvalue weighted by Gasteiger charge is -2.36. The highest BCUT2D eigenvalue weighted by Crippen LogP contribution is 2.31. The first kappa shape index (κ1) is 21.0. The van der Waals surface area contributed by atoms with Gasteiger partial charge in [0.2, 0.25) is 0 Å².